The quantitative estimate of drug-likeness (QED) is 0.240. The van der Waals surface area contributed by atoms with Gasteiger partial charge in [0.15, 0.2) is 0 Å². The van der Waals surface area contributed by atoms with Crippen molar-refractivity contribution < 1.29 is 20.1 Å². The van der Waals surface area contributed by atoms with E-state index in [2.05, 4.69) is 76.9 Å². The molecule has 3 aromatic carbocycles. The molecule has 0 aliphatic heterocycles. The number of aryl methyl sites for hydroxylation is 2. The fourth-order valence-corrected chi connectivity index (χ4v) is 4.49. The Hall–Kier alpha value is -2.59. The van der Waals surface area contributed by atoms with Crippen molar-refractivity contribution in [2.45, 2.75) is 13.8 Å². The summed E-state index contributed by atoms with van der Waals surface area (Å²) in [5.74, 6) is 0.871. The Bertz CT molecular complexity index is 1260. The van der Waals surface area contributed by atoms with Gasteiger partial charge >= 0.3 is 0 Å². The summed E-state index contributed by atoms with van der Waals surface area (Å²) in [7, 11) is 0. The maximum absolute atomic E-state index is 4.65. The smallest absolute Gasteiger partial charge is 0.0674 e. The largest absolute Gasteiger partial charge is 0.339 e. The summed E-state index contributed by atoms with van der Waals surface area (Å²) in [4.78, 5) is 9.19. The molecule has 0 saturated heterocycles. The van der Waals surface area contributed by atoms with Gasteiger partial charge in [0.1, 0.15) is 0 Å². The van der Waals surface area contributed by atoms with E-state index in [-0.39, 0.29) is 20.1 Å². The number of imidazole rings is 1. The molecule has 2 heterocycles. The molecule has 0 unspecified atom stereocenters. The van der Waals surface area contributed by atoms with Crippen molar-refractivity contribution in [3.05, 3.63) is 89.7 Å². The zero-order valence-electron chi connectivity index (χ0n) is 16.0. The van der Waals surface area contributed by atoms with E-state index in [1.807, 2.05) is 30.0 Å². The molecule has 0 N–H and O–H groups in total. The number of hydrogen-bond acceptors (Lipinski definition) is 3. The first-order chi connectivity index (χ1) is 13.7. The molecule has 0 atom stereocenters. The van der Waals surface area contributed by atoms with Gasteiger partial charge in [-0.3, -0.25) is 9.97 Å². The molecular formula is C24H18IrN3S-. The third kappa shape index (κ3) is 3.46. The van der Waals surface area contributed by atoms with Gasteiger partial charge in [-0.2, -0.15) is 0 Å². The number of aromatic nitrogens is 3. The third-order valence-corrected chi connectivity index (χ3v) is 5.79. The van der Waals surface area contributed by atoms with Gasteiger partial charge in [-0.05, 0) is 52.9 Å². The van der Waals surface area contributed by atoms with E-state index < -0.39 is 0 Å². The number of hydrogen-bond donors (Lipinski definition) is 0. The van der Waals surface area contributed by atoms with Gasteiger partial charge in [-0.25, -0.2) is 0 Å². The fraction of sp³-hybridized carbons (Fsp3) is 0.0833. The second-order valence-electron chi connectivity index (χ2n) is 6.86. The number of benzene rings is 3. The van der Waals surface area contributed by atoms with Crippen LogP contribution < -0.4 is 0 Å². The van der Waals surface area contributed by atoms with Crippen LogP contribution in [0.1, 0.15) is 11.1 Å². The standard InChI is InChI=1S/C24H18N3S.Ir/c1-16-13-19(18-7-4-3-5-8-18)14-17(2)23(16)27-12-11-25-24(27)20-9-6-10-21-22(20)26-15-28-21;/h3-8,10-15H,1-2H3;/q-1;. The third-order valence-electron chi connectivity index (χ3n) is 5.00. The molecule has 0 amide bonds. The van der Waals surface area contributed by atoms with Crippen LogP contribution in [-0.2, 0) is 20.1 Å². The van der Waals surface area contributed by atoms with Crippen molar-refractivity contribution in [3.8, 4) is 28.2 Å². The molecule has 2 aromatic heterocycles. The van der Waals surface area contributed by atoms with Crippen molar-refractivity contribution in [3.63, 3.8) is 0 Å². The van der Waals surface area contributed by atoms with Crippen LogP contribution in [0.5, 0.6) is 0 Å². The van der Waals surface area contributed by atoms with Crippen molar-refractivity contribution in [1.29, 1.82) is 0 Å². The second kappa shape index (κ2) is 8.03. The minimum absolute atomic E-state index is 0. The summed E-state index contributed by atoms with van der Waals surface area (Å²) in [5.41, 5.74) is 9.81. The van der Waals surface area contributed by atoms with E-state index in [4.69, 9.17) is 0 Å². The van der Waals surface area contributed by atoms with E-state index in [0.717, 1.165) is 27.3 Å². The van der Waals surface area contributed by atoms with Crippen LogP contribution in [0.15, 0.2) is 72.5 Å². The molecule has 29 heavy (non-hydrogen) atoms. The van der Waals surface area contributed by atoms with Crippen LogP contribution in [0, 0.1) is 19.9 Å². The van der Waals surface area contributed by atoms with Gasteiger partial charge < -0.3 is 4.57 Å². The molecule has 0 aliphatic carbocycles. The summed E-state index contributed by atoms with van der Waals surface area (Å²) >= 11 is 1.64. The average molecular weight is 573 g/mol. The van der Waals surface area contributed by atoms with Gasteiger partial charge in [-0.1, -0.05) is 35.9 Å². The van der Waals surface area contributed by atoms with Crippen LogP contribution in [0.2, 0.25) is 0 Å². The van der Waals surface area contributed by atoms with Crippen molar-refractivity contribution in [1.82, 2.24) is 14.5 Å². The minimum Gasteiger partial charge on any atom is -0.339 e. The topological polar surface area (TPSA) is 30.7 Å². The maximum atomic E-state index is 4.65. The van der Waals surface area contributed by atoms with Crippen molar-refractivity contribution in [2.75, 3.05) is 0 Å². The molecule has 0 fully saturated rings. The van der Waals surface area contributed by atoms with Crippen LogP contribution >= 0.6 is 11.3 Å². The Morgan fingerprint density at radius 2 is 1.69 bits per heavy atom. The Balaban J connectivity index is 0.00000205. The van der Waals surface area contributed by atoms with Crippen LogP contribution in [0.3, 0.4) is 0 Å². The first-order valence-corrected chi connectivity index (χ1v) is 10.0. The molecule has 5 heteroatoms. The monoisotopic (exact) mass is 573 g/mol. The van der Waals surface area contributed by atoms with Gasteiger partial charge in [-0.15, -0.1) is 29.5 Å². The van der Waals surface area contributed by atoms with Crippen molar-refractivity contribution >= 4 is 21.6 Å². The zero-order valence-corrected chi connectivity index (χ0v) is 19.2. The van der Waals surface area contributed by atoms with E-state index in [9.17, 15) is 0 Å². The molecule has 5 aromatic rings. The zero-order chi connectivity index (χ0) is 19.1. The van der Waals surface area contributed by atoms with E-state index in [1.54, 1.807) is 11.3 Å². The average Bonchev–Trinajstić information content (AvgIpc) is 3.37. The van der Waals surface area contributed by atoms with Crippen LogP contribution in [-0.4, -0.2) is 14.5 Å². The number of fused-ring (bicyclic) bond motifs is 1. The summed E-state index contributed by atoms with van der Waals surface area (Å²) < 4.78 is 3.31. The first-order valence-electron chi connectivity index (χ1n) is 9.17. The fourth-order valence-electron chi connectivity index (χ4n) is 3.80. The van der Waals surface area contributed by atoms with E-state index in [1.165, 1.54) is 22.3 Å². The van der Waals surface area contributed by atoms with E-state index in [0.29, 0.717) is 0 Å². The number of thiazole rings is 1. The SMILES string of the molecule is Cc1cc(-c2ccccc2)cc(C)c1-n1ccnc1-c1[c-]ccc2scnc12.[Ir]. The molecule has 145 valence electrons. The Kier molecular flexibility index (Phi) is 5.46. The molecular weight excluding hydrogens is 555 g/mol. The van der Waals surface area contributed by atoms with E-state index >= 15 is 0 Å². The minimum atomic E-state index is 0. The predicted octanol–water partition coefficient (Wildman–Crippen LogP) is 6.23. The van der Waals surface area contributed by atoms with Gasteiger partial charge in [0.05, 0.1) is 11.3 Å². The van der Waals surface area contributed by atoms with Gasteiger partial charge in [0.25, 0.3) is 0 Å². The Labute approximate surface area is 187 Å². The molecule has 1 radical (unpaired) electrons. The normalized spacial score (nSPS) is 10.8. The second-order valence-corrected chi connectivity index (χ2v) is 7.75. The summed E-state index contributed by atoms with van der Waals surface area (Å²) in [6.07, 6.45) is 3.87. The Morgan fingerprint density at radius 3 is 2.45 bits per heavy atom. The van der Waals surface area contributed by atoms with Gasteiger partial charge in [0.2, 0.25) is 0 Å². The Morgan fingerprint density at radius 1 is 0.931 bits per heavy atom. The summed E-state index contributed by atoms with van der Waals surface area (Å²) in [6, 6.07) is 22.3. The summed E-state index contributed by atoms with van der Waals surface area (Å²) in [5, 5.41) is 0. The van der Waals surface area contributed by atoms with Gasteiger partial charge in [0, 0.05) is 43.7 Å². The molecule has 3 nitrogen and oxygen atoms in total. The van der Waals surface area contributed by atoms with Crippen molar-refractivity contribution in [2.24, 2.45) is 0 Å². The molecule has 5 rings (SSSR count). The molecule has 0 saturated carbocycles. The molecule has 0 spiro atoms. The first kappa shape index (κ1) is 19.7. The van der Waals surface area contributed by atoms with Crippen LogP contribution in [0.4, 0.5) is 0 Å². The maximum Gasteiger partial charge on any atom is 0.0674 e. The number of rotatable bonds is 3. The molecule has 0 aliphatic rings. The number of nitrogens with zero attached hydrogens (tertiary/aromatic N) is 3. The van der Waals surface area contributed by atoms with Crippen LogP contribution in [0.25, 0.3) is 38.4 Å². The predicted molar refractivity (Wildman–Crippen MR) is 116 cm³/mol. The summed E-state index contributed by atoms with van der Waals surface area (Å²) in [6.45, 7) is 4.32. The molecule has 0 bridgehead atoms.